The summed E-state index contributed by atoms with van der Waals surface area (Å²) < 4.78 is 0. The molecule has 0 spiro atoms. The van der Waals surface area contributed by atoms with Crippen LogP contribution in [-0.4, -0.2) is 11.8 Å². The molecule has 1 aliphatic rings. The van der Waals surface area contributed by atoms with Gasteiger partial charge in [-0.2, -0.15) is 0 Å². The summed E-state index contributed by atoms with van der Waals surface area (Å²) in [6.07, 6.45) is 0. The van der Waals surface area contributed by atoms with E-state index in [1.165, 1.54) is 0 Å². The normalized spacial score (nSPS) is 14.0. The molecule has 0 unspecified atom stereocenters. The first-order chi connectivity index (χ1) is 16.7. The highest BCUT2D eigenvalue weighted by molar-refractivity contribution is 6.31. The molecule has 3 aromatic rings. The van der Waals surface area contributed by atoms with Gasteiger partial charge in [0.15, 0.2) is 0 Å². The Morgan fingerprint density at radius 3 is 1.57 bits per heavy atom. The van der Waals surface area contributed by atoms with Crippen molar-refractivity contribution in [2.45, 2.75) is 19.8 Å². The molecule has 3 aromatic carbocycles. The third-order valence-corrected chi connectivity index (χ3v) is 6.37. The van der Waals surface area contributed by atoms with E-state index in [2.05, 4.69) is 16.0 Å². The zero-order valence-electron chi connectivity index (χ0n) is 19.0. The molecule has 0 fully saturated rings. The average Bonchev–Trinajstić information content (AvgIpc) is 2.81. The molecule has 4 rings (SSSR count). The van der Waals surface area contributed by atoms with Crippen LogP contribution in [0.15, 0.2) is 95.3 Å². The van der Waals surface area contributed by atoms with Crippen LogP contribution in [0.4, 0.5) is 11.4 Å². The van der Waals surface area contributed by atoms with Gasteiger partial charge in [-0.25, -0.2) is 0 Å². The molecule has 0 aromatic heterocycles. The van der Waals surface area contributed by atoms with Gasteiger partial charge in [-0.3, -0.25) is 9.59 Å². The zero-order chi connectivity index (χ0) is 25.1. The first kappa shape index (κ1) is 24.9. The van der Waals surface area contributed by atoms with E-state index in [9.17, 15) is 9.59 Å². The predicted octanol–water partition coefficient (Wildman–Crippen LogP) is 7.16. The van der Waals surface area contributed by atoms with Gasteiger partial charge in [-0.15, -0.1) is 0 Å². The number of anilines is 2. The maximum Gasteiger partial charge on any atom is 0.254 e. The van der Waals surface area contributed by atoms with Crippen LogP contribution in [0.3, 0.4) is 0 Å². The zero-order valence-corrected chi connectivity index (χ0v) is 21.2. The van der Waals surface area contributed by atoms with Gasteiger partial charge in [0.2, 0.25) is 0 Å². The van der Waals surface area contributed by atoms with Crippen LogP contribution < -0.4 is 16.0 Å². The second-order valence-corrected chi connectivity index (χ2v) is 9.42. The maximum atomic E-state index is 13.6. The van der Waals surface area contributed by atoms with Crippen molar-refractivity contribution in [1.29, 1.82) is 0 Å². The van der Waals surface area contributed by atoms with Crippen molar-refractivity contribution in [1.82, 2.24) is 5.32 Å². The number of benzene rings is 3. The molecular formula is C27H22Cl3N3O2. The number of hydrogen-bond donors (Lipinski definition) is 3. The van der Waals surface area contributed by atoms with Crippen LogP contribution in [0.25, 0.3) is 0 Å². The Kier molecular flexibility index (Phi) is 7.51. The lowest BCUT2D eigenvalue weighted by Gasteiger charge is -2.31. The number of amides is 2. The van der Waals surface area contributed by atoms with Gasteiger partial charge < -0.3 is 16.0 Å². The van der Waals surface area contributed by atoms with Gasteiger partial charge in [0, 0.05) is 54.9 Å². The predicted molar refractivity (Wildman–Crippen MR) is 143 cm³/mol. The van der Waals surface area contributed by atoms with E-state index in [0.29, 0.717) is 49.0 Å². The standard InChI is InChI=1S/C27H22Cl3N3O2/c1-15-23(26(34)32-21-10-6-18(28)7-11-21)25(17-4-3-5-20(30)14-17)24(16(2)31-15)27(35)33-22-12-8-19(29)9-13-22/h3-14,25,31H,1-2H3,(H,32,34)(H,33,35). The van der Waals surface area contributed by atoms with Crippen LogP contribution in [0.1, 0.15) is 25.3 Å². The first-order valence-electron chi connectivity index (χ1n) is 10.8. The Labute approximate surface area is 218 Å². The minimum atomic E-state index is -0.658. The topological polar surface area (TPSA) is 70.2 Å². The number of halogens is 3. The lowest BCUT2D eigenvalue weighted by molar-refractivity contribution is -0.113. The summed E-state index contributed by atoms with van der Waals surface area (Å²) in [6, 6.07) is 20.8. The molecule has 0 aliphatic carbocycles. The Morgan fingerprint density at radius 1 is 0.686 bits per heavy atom. The number of rotatable bonds is 5. The fraction of sp³-hybridized carbons (Fsp3) is 0.111. The second-order valence-electron chi connectivity index (χ2n) is 8.11. The van der Waals surface area contributed by atoms with Crippen LogP contribution in [0, 0.1) is 0 Å². The summed E-state index contributed by atoms with van der Waals surface area (Å²) >= 11 is 18.3. The molecule has 0 atom stereocenters. The number of allylic oxidation sites excluding steroid dienone is 2. The molecule has 178 valence electrons. The molecule has 0 saturated carbocycles. The Bertz CT molecular complexity index is 1270. The van der Waals surface area contributed by atoms with Crippen molar-refractivity contribution < 1.29 is 9.59 Å². The summed E-state index contributed by atoms with van der Waals surface area (Å²) in [5.41, 5.74) is 4.00. The molecule has 35 heavy (non-hydrogen) atoms. The van der Waals surface area contributed by atoms with Gasteiger partial charge in [0.25, 0.3) is 11.8 Å². The van der Waals surface area contributed by atoms with Crippen molar-refractivity contribution in [3.05, 3.63) is 116 Å². The summed E-state index contributed by atoms with van der Waals surface area (Å²) in [5.74, 6) is -1.34. The number of carbonyl (C=O) groups is 2. The summed E-state index contributed by atoms with van der Waals surface area (Å²) in [4.78, 5) is 27.1. The minimum absolute atomic E-state index is 0.341. The summed E-state index contributed by atoms with van der Waals surface area (Å²) in [6.45, 7) is 3.62. The van der Waals surface area contributed by atoms with Crippen molar-refractivity contribution in [3.8, 4) is 0 Å². The monoisotopic (exact) mass is 525 g/mol. The van der Waals surface area contributed by atoms with Gasteiger partial charge in [-0.05, 0) is 80.1 Å². The molecule has 1 heterocycles. The van der Waals surface area contributed by atoms with E-state index in [-0.39, 0.29) is 11.8 Å². The fourth-order valence-corrected chi connectivity index (χ4v) is 4.53. The van der Waals surface area contributed by atoms with Crippen molar-refractivity contribution in [2.24, 2.45) is 0 Å². The highest BCUT2D eigenvalue weighted by Gasteiger charge is 2.36. The highest BCUT2D eigenvalue weighted by Crippen LogP contribution is 2.40. The largest absolute Gasteiger partial charge is 0.362 e. The van der Waals surface area contributed by atoms with Crippen LogP contribution in [0.2, 0.25) is 15.1 Å². The lowest BCUT2D eigenvalue weighted by Crippen LogP contribution is -2.35. The van der Waals surface area contributed by atoms with Crippen LogP contribution in [0.5, 0.6) is 0 Å². The lowest BCUT2D eigenvalue weighted by atomic mass is 9.79. The Hall–Kier alpha value is -3.25. The van der Waals surface area contributed by atoms with Gasteiger partial charge in [0.1, 0.15) is 0 Å². The quantitative estimate of drug-likeness (QED) is 0.330. The molecule has 0 bridgehead atoms. The second kappa shape index (κ2) is 10.6. The SMILES string of the molecule is CC1=C(C(=O)Nc2ccc(Cl)cc2)C(c2cccc(Cl)c2)C(C(=O)Nc2ccc(Cl)cc2)=C(C)N1. The molecule has 1 aliphatic heterocycles. The van der Waals surface area contributed by atoms with Gasteiger partial charge in [0.05, 0.1) is 0 Å². The van der Waals surface area contributed by atoms with E-state index >= 15 is 0 Å². The molecule has 5 nitrogen and oxygen atoms in total. The van der Waals surface area contributed by atoms with E-state index < -0.39 is 5.92 Å². The molecule has 3 N–H and O–H groups in total. The Balaban J connectivity index is 1.75. The first-order valence-corrected chi connectivity index (χ1v) is 11.9. The smallest absolute Gasteiger partial charge is 0.254 e. The third kappa shape index (κ3) is 5.70. The third-order valence-electron chi connectivity index (χ3n) is 5.64. The van der Waals surface area contributed by atoms with Crippen molar-refractivity contribution >= 4 is 58.0 Å². The fourth-order valence-electron chi connectivity index (χ4n) is 4.08. The van der Waals surface area contributed by atoms with Crippen LogP contribution in [-0.2, 0) is 9.59 Å². The van der Waals surface area contributed by atoms with E-state index in [1.807, 2.05) is 19.9 Å². The highest BCUT2D eigenvalue weighted by atomic mass is 35.5. The molecule has 0 radical (unpaired) electrons. The Morgan fingerprint density at radius 2 is 1.14 bits per heavy atom. The summed E-state index contributed by atoms with van der Waals surface area (Å²) in [5, 5.41) is 10.7. The van der Waals surface area contributed by atoms with Crippen LogP contribution >= 0.6 is 34.8 Å². The van der Waals surface area contributed by atoms with Gasteiger partial charge in [-0.1, -0.05) is 46.9 Å². The van der Waals surface area contributed by atoms with Crippen molar-refractivity contribution in [3.63, 3.8) is 0 Å². The molecular weight excluding hydrogens is 505 g/mol. The number of dihydropyridines is 1. The van der Waals surface area contributed by atoms with E-state index in [1.54, 1.807) is 66.7 Å². The minimum Gasteiger partial charge on any atom is -0.362 e. The summed E-state index contributed by atoms with van der Waals surface area (Å²) in [7, 11) is 0. The number of nitrogens with one attached hydrogen (secondary N) is 3. The average molecular weight is 527 g/mol. The van der Waals surface area contributed by atoms with E-state index in [4.69, 9.17) is 34.8 Å². The number of hydrogen-bond acceptors (Lipinski definition) is 3. The molecule has 2 amide bonds. The molecule has 8 heteroatoms. The van der Waals surface area contributed by atoms with E-state index in [0.717, 1.165) is 5.56 Å². The van der Waals surface area contributed by atoms with Crippen molar-refractivity contribution in [2.75, 3.05) is 10.6 Å². The maximum absolute atomic E-state index is 13.6. The molecule has 0 saturated heterocycles. The van der Waals surface area contributed by atoms with Gasteiger partial charge >= 0.3 is 0 Å². The number of carbonyl (C=O) groups excluding carboxylic acids is 2.